The van der Waals surface area contributed by atoms with E-state index in [0.717, 1.165) is 18.6 Å². The maximum atomic E-state index is 13.6. The largest absolute Gasteiger partial charge is 0.478 e. The molecular formula is C13H16FNO4S. The van der Waals surface area contributed by atoms with Crippen molar-refractivity contribution in [1.82, 2.24) is 4.72 Å². The number of hydrogen-bond acceptors (Lipinski definition) is 3. The molecule has 7 heteroatoms. The predicted molar refractivity (Wildman–Crippen MR) is 70.6 cm³/mol. The third-order valence-corrected chi connectivity index (χ3v) is 5.19. The zero-order chi connectivity index (χ0) is 15.1. The number of benzene rings is 1. The third-order valence-electron chi connectivity index (χ3n) is 3.64. The molecule has 0 aromatic heterocycles. The van der Waals surface area contributed by atoms with Gasteiger partial charge in [0.2, 0.25) is 10.0 Å². The summed E-state index contributed by atoms with van der Waals surface area (Å²) in [4.78, 5) is 10.6. The summed E-state index contributed by atoms with van der Waals surface area (Å²) in [6.45, 7) is 3.63. The SMILES string of the molecule is Cc1c(F)cc(C(=O)O)cc1S(=O)(=O)NCC1CC1C. The van der Waals surface area contributed by atoms with Gasteiger partial charge >= 0.3 is 5.97 Å². The van der Waals surface area contributed by atoms with Crippen LogP contribution in [-0.2, 0) is 10.0 Å². The van der Waals surface area contributed by atoms with Gasteiger partial charge in [0.15, 0.2) is 0 Å². The highest BCUT2D eigenvalue weighted by atomic mass is 32.2. The summed E-state index contributed by atoms with van der Waals surface area (Å²) in [5, 5.41) is 8.87. The molecule has 2 N–H and O–H groups in total. The number of sulfonamides is 1. The second-order valence-corrected chi connectivity index (χ2v) is 6.95. The highest BCUT2D eigenvalue weighted by Crippen LogP contribution is 2.37. The Bertz CT molecular complexity index is 657. The number of hydrogen-bond donors (Lipinski definition) is 2. The monoisotopic (exact) mass is 301 g/mol. The number of carbonyl (C=O) groups is 1. The number of aromatic carboxylic acids is 1. The van der Waals surface area contributed by atoms with Gasteiger partial charge in [-0.05, 0) is 37.3 Å². The lowest BCUT2D eigenvalue weighted by atomic mass is 10.1. The van der Waals surface area contributed by atoms with Gasteiger partial charge in [-0.3, -0.25) is 0 Å². The van der Waals surface area contributed by atoms with E-state index < -0.39 is 21.8 Å². The summed E-state index contributed by atoms with van der Waals surface area (Å²) < 4.78 is 40.4. The number of carboxylic acids is 1. The normalized spacial score (nSPS) is 21.8. The van der Waals surface area contributed by atoms with Crippen LogP contribution < -0.4 is 4.72 Å². The smallest absolute Gasteiger partial charge is 0.335 e. The molecule has 0 aliphatic heterocycles. The van der Waals surface area contributed by atoms with Crippen molar-refractivity contribution >= 4 is 16.0 Å². The van der Waals surface area contributed by atoms with E-state index in [0.29, 0.717) is 18.4 Å². The van der Waals surface area contributed by atoms with Crippen LogP contribution in [0.25, 0.3) is 0 Å². The van der Waals surface area contributed by atoms with Gasteiger partial charge in [-0.2, -0.15) is 0 Å². The molecule has 1 saturated carbocycles. The van der Waals surface area contributed by atoms with Crippen molar-refractivity contribution < 1.29 is 22.7 Å². The summed E-state index contributed by atoms with van der Waals surface area (Å²) in [6, 6.07) is 1.80. The average Bonchev–Trinajstić information content (AvgIpc) is 3.06. The maximum absolute atomic E-state index is 13.6. The minimum atomic E-state index is -3.90. The van der Waals surface area contributed by atoms with Crippen LogP contribution in [0.15, 0.2) is 17.0 Å². The number of nitrogens with one attached hydrogen (secondary N) is 1. The van der Waals surface area contributed by atoms with Crippen molar-refractivity contribution in [3.05, 3.63) is 29.1 Å². The molecule has 0 saturated heterocycles. The summed E-state index contributed by atoms with van der Waals surface area (Å²) >= 11 is 0. The Morgan fingerprint density at radius 3 is 2.60 bits per heavy atom. The van der Waals surface area contributed by atoms with E-state index in [4.69, 9.17) is 5.11 Å². The van der Waals surface area contributed by atoms with Gasteiger partial charge in [0.05, 0.1) is 10.5 Å². The first kappa shape index (κ1) is 14.9. The molecule has 1 aromatic rings. The van der Waals surface area contributed by atoms with Crippen LogP contribution in [0.1, 0.15) is 29.3 Å². The molecule has 110 valence electrons. The lowest BCUT2D eigenvalue weighted by molar-refractivity contribution is 0.0696. The minimum Gasteiger partial charge on any atom is -0.478 e. The summed E-state index contributed by atoms with van der Waals surface area (Å²) in [5.41, 5.74) is -0.459. The second kappa shape index (κ2) is 5.14. The maximum Gasteiger partial charge on any atom is 0.335 e. The number of rotatable bonds is 5. The van der Waals surface area contributed by atoms with E-state index in [2.05, 4.69) is 4.72 Å². The molecule has 1 aliphatic carbocycles. The molecule has 0 amide bonds. The molecule has 2 unspecified atom stereocenters. The van der Waals surface area contributed by atoms with Crippen molar-refractivity contribution in [3.8, 4) is 0 Å². The topological polar surface area (TPSA) is 83.5 Å². The van der Waals surface area contributed by atoms with Crippen LogP contribution in [0.2, 0.25) is 0 Å². The molecule has 2 atom stereocenters. The molecule has 0 radical (unpaired) electrons. The highest BCUT2D eigenvalue weighted by Gasteiger charge is 2.33. The Kier molecular flexibility index (Phi) is 3.84. The Morgan fingerprint density at radius 1 is 1.50 bits per heavy atom. The molecule has 1 aromatic carbocycles. The van der Waals surface area contributed by atoms with Crippen LogP contribution in [-0.4, -0.2) is 26.0 Å². The van der Waals surface area contributed by atoms with Crippen molar-refractivity contribution in [3.63, 3.8) is 0 Å². The zero-order valence-electron chi connectivity index (χ0n) is 11.2. The minimum absolute atomic E-state index is 0.0775. The summed E-state index contributed by atoms with van der Waals surface area (Å²) in [7, 11) is -3.90. The molecule has 0 spiro atoms. The fraction of sp³-hybridized carbons (Fsp3) is 0.462. The standard InChI is InChI=1S/C13H16FNO4S/c1-7-3-10(7)6-15-20(18,19)12-5-9(13(16)17)4-11(14)8(12)2/h4-5,7,10,15H,3,6H2,1-2H3,(H,16,17). The van der Waals surface area contributed by atoms with Gasteiger partial charge in [-0.1, -0.05) is 6.92 Å². The number of carboxylic acid groups (broad SMARTS) is 1. The van der Waals surface area contributed by atoms with E-state index in [1.54, 1.807) is 0 Å². The average molecular weight is 301 g/mol. The van der Waals surface area contributed by atoms with Crippen LogP contribution in [0.3, 0.4) is 0 Å². The number of halogens is 1. The Morgan fingerprint density at radius 2 is 2.10 bits per heavy atom. The zero-order valence-corrected chi connectivity index (χ0v) is 12.0. The second-order valence-electron chi connectivity index (χ2n) is 5.21. The summed E-state index contributed by atoms with van der Waals surface area (Å²) in [6.07, 6.45) is 0.963. The van der Waals surface area contributed by atoms with Gasteiger partial charge in [0.1, 0.15) is 5.82 Å². The van der Waals surface area contributed by atoms with E-state index >= 15 is 0 Å². The first-order valence-electron chi connectivity index (χ1n) is 6.25. The first-order chi connectivity index (χ1) is 9.22. The van der Waals surface area contributed by atoms with Gasteiger partial charge in [0, 0.05) is 12.1 Å². The molecule has 0 heterocycles. The van der Waals surface area contributed by atoms with Crippen LogP contribution in [0.4, 0.5) is 4.39 Å². The van der Waals surface area contributed by atoms with E-state index in [9.17, 15) is 17.6 Å². The molecule has 1 aliphatic rings. The quantitative estimate of drug-likeness (QED) is 0.868. The Hall–Kier alpha value is -1.47. The molecule has 5 nitrogen and oxygen atoms in total. The summed E-state index contributed by atoms with van der Waals surface area (Å²) in [5.74, 6) is -1.42. The van der Waals surface area contributed by atoms with Crippen LogP contribution in [0.5, 0.6) is 0 Å². The Labute approximate surface area is 116 Å². The predicted octanol–water partition coefficient (Wildman–Crippen LogP) is 1.77. The van der Waals surface area contributed by atoms with Crippen LogP contribution >= 0.6 is 0 Å². The van der Waals surface area contributed by atoms with Crippen molar-refractivity contribution in [2.75, 3.05) is 6.54 Å². The fourth-order valence-corrected chi connectivity index (χ4v) is 3.41. The molecule has 20 heavy (non-hydrogen) atoms. The van der Waals surface area contributed by atoms with Crippen LogP contribution in [0, 0.1) is 24.6 Å². The first-order valence-corrected chi connectivity index (χ1v) is 7.74. The van der Waals surface area contributed by atoms with Crippen molar-refractivity contribution in [1.29, 1.82) is 0 Å². The third kappa shape index (κ3) is 2.99. The van der Waals surface area contributed by atoms with E-state index in [1.165, 1.54) is 6.92 Å². The lowest BCUT2D eigenvalue weighted by Gasteiger charge is -2.11. The highest BCUT2D eigenvalue weighted by molar-refractivity contribution is 7.89. The van der Waals surface area contributed by atoms with Gasteiger partial charge < -0.3 is 5.11 Å². The lowest BCUT2D eigenvalue weighted by Crippen LogP contribution is -2.27. The van der Waals surface area contributed by atoms with E-state index in [1.807, 2.05) is 6.92 Å². The molecule has 1 fully saturated rings. The molecular weight excluding hydrogens is 285 g/mol. The Balaban J connectivity index is 2.32. The molecule has 2 rings (SSSR count). The van der Waals surface area contributed by atoms with Gasteiger partial charge in [-0.15, -0.1) is 0 Å². The van der Waals surface area contributed by atoms with Gasteiger partial charge in [0.25, 0.3) is 0 Å². The molecule has 0 bridgehead atoms. The van der Waals surface area contributed by atoms with Crippen molar-refractivity contribution in [2.24, 2.45) is 11.8 Å². The van der Waals surface area contributed by atoms with E-state index in [-0.39, 0.29) is 16.0 Å². The fourth-order valence-electron chi connectivity index (χ4n) is 2.03. The van der Waals surface area contributed by atoms with Gasteiger partial charge in [-0.25, -0.2) is 22.3 Å². The van der Waals surface area contributed by atoms with Crippen molar-refractivity contribution in [2.45, 2.75) is 25.2 Å².